The normalized spacial score (nSPS) is 29.4. The van der Waals surface area contributed by atoms with Gasteiger partial charge in [0.2, 0.25) is 0 Å². The van der Waals surface area contributed by atoms with Crippen LogP contribution >= 0.6 is 27.3 Å². The molecule has 1 fully saturated rings. The molecule has 1 aliphatic rings. The van der Waals surface area contributed by atoms with Crippen molar-refractivity contribution in [1.29, 1.82) is 0 Å². The van der Waals surface area contributed by atoms with Crippen LogP contribution in [0.3, 0.4) is 0 Å². The van der Waals surface area contributed by atoms with E-state index in [4.69, 9.17) is 4.74 Å². The summed E-state index contributed by atoms with van der Waals surface area (Å²) in [6.07, 6.45) is 4.81. The summed E-state index contributed by atoms with van der Waals surface area (Å²) in [4.78, 5) is 0. The van der Waals surface area contributed by atoms with Crippen LogP contribution in [0.15, 0.2) is 15.2 Å². The Morgan fingerprint density at radius 3 is 2.63 bits per heavy atom. The van der Waals surface area contributed by atoms with Crippen molar-refractivity contribution in [3.05, 3.63) is 20.8 Å². The zero-order chi connectivity index (χ0) is 13.9. The molecule has 1 aromatic heterocycles. The minimum atomic E-state index is -0.0495. The zero-order valence-electron chi connectivity index (χ0n) is 12.0. The quantitative estimate of drug-likeness (QED) is 0.830. The molecule has 0 amide bonds. The van der Waals surface area contributed by atoms with E-state index in [0.717, 1.165) is 25.3 Å². The fraction of sp³-hybridized carbons (Fsp3) is 0.733. The fourth-order valence-corrected chi connectivity index (χ4v) is 4.69. The van der Waals surface area contributed by atoms with Crippen molar-refractivity contribution in [2.24, 2.45) is 5.92 Å². The Balaban J connectivity index is 2.28. The van der Waals surface area contributed by atoms with E-state index >= 15 is 0 Å². The highest BCUT2D eigenvalue weighted by Crippen LogP contribution is 2.45. The number of ether oxygens (including phenoxy) is 1. The predicted molar refractivity (Wildman–Crippen MR) is 85.8 cm³/mol. The van der Waals surface area contributed by atoms with Gasteiger partial charge in [-0.3, -0.25) is 0 Å². The molecule has 1 saturated carbocycles. The number of halogens is 1. The molecule has 1 heterocycles. The van der Waals surface area contributed by atoms with Gasteiger partial charge in [0.15, 0.2) is 0 Å². The fourth-order valence-electron chi connectivity index (χ4n) is 3.14. The Morgan fingerprint density at radius 2 is 2.16 bits per heavy atom. The average Bonchev–Trinajstić information content (AvgIpc) is 2.84. The van der Waals surface area contributed by atoms with Gasteiger partial charge in [-0.25, -0.2) is 0 Å². The Kier molecular flexibility index (Phi) is 5.46. The first-order valence-electron chi connectivity index (χ1n) is 7.13. The second kappa shape index (κ2) is 6.70. The van der Waals surface area contributed by atoms with Crippen LogP contribution in [0.1, 0.15) is 51.1 Å². The number of methoxy groups -OCH3 is 1. The molecule has 2 nitrogen and oxygen atoms in total. The first-order chi connectivity index (χ1) is 9.13. The van der Waals surface area contributed by atoms with Gasteiger partial charge < -0.3 is 10.1 Å². The van der Waals surface area contributed by atoms with E-state index in [9.17, 15) is 0 Å². The molecule has 1 aromatic rings. The Labute approximate surface area is 129 Å². The minimum absolute atomic E-state index is 0.0495. The summed E-state index contributed by atoms with van der Waals surface area (Å²) in [6, 6.07) is 0.288. The molecule has 0 saturated heterocycles. The first-order valence-corrected chi connectivity index (χ1v) is 8.86. The maximum Gasteiger partial charge on any atom is 0.0873 e. The third-order valence-electron chi connectivity index (χ3n) is 4.41. The summed E-state index contributed by atoms with van der Waals surface area (Å²) >= 11 is 5.44. The summed E-state index contributed by atoms with van der Waals surface area (Å²) in [6.45, 7) is 5.48. The van der Waals surface area contributed by atoms with Crippen molar-refractivity contribution < 1.29 is 4.74 Å². The van der Waals surface area contributed by atoms with E-state index in [2.05, 4.69) is 45.9 Å². The van der Waals surface area contributed by atoms with Crippen LogP contribution in [0.2, 0.25) is 0 Å². The van der Waals surface area contributed by atoms with Crippen molar-refractivity contribution >= 4 is 27.3 Å². The smallest absolute Gasteiger partial charge is 0.0873 e. The Bertz CT molecular complexity index is 399. The summed E-state index contributed by atoms with van der Waals surface area (Å²) in [5, 5.41) is 8.06. The molecule has 4 heteroatoms. The van der Waals surface area contributed by atoms with E-state index in [-0.39, 0.29) is 11.6 Å². The van der Waals surface area contributed by atoms with Crippen LogP contribution in [-0.2, 0) is 4.74 Å². The van der Waals surface area contributed by atoms with Crippen LogP contribution in [0.25, 0.3) is 0 Å². The van der Waals surface area contributed by atoms with Gasteiger partial charge in [0.25, 0.3) is 0 Å². The van der Waals surface area contributed by atoms with Gasteiger partial charge >= 0.3 is 0 Å². The molecule has 2 rings (SSSR count). The van der Waals surface area contributed by atoms with Crippen molar-refractivity contribution in [3.63, 3.8) is 0 Å². The summed E-state index contributed by atoms with van der Waals surface area (Å²) < 4.78 is 7.25. The summed E-state index contributed by atoms with van der Waals surface area (Å²) in [5.74, 6) is 0.830. The molecule has 1 atom stereocenters. The Morgan fingerprint density at radius 1 is 1.47 bits per heavy atom. The summed E-state index contributed by atoms with van der Waals surface area (Å²) in [5.41, 5.74) is 1.30. The molecule has 0 aliphatic heterocycles. The summed E-state index contributed by atoms with van der Waals surface area (Å²) in [7, 11) is 1.88. The highest BCUT2D eigenvalue weighted by molar-refractivity contribution is 9.10. The molecule has 1 N–H and O–H groups in total. The number of thiophene rings is 1. The number of likely N-dealkylation sites (N-methyl/N-ethyl adjacent to an activating group) is 1. The van der Waals surface area contributed by atoms with Crippen LogP contribution in [0.4, 0.5) is 0 Å². The third-order valence-corrected chi connectivity index (χ3v) is 6.17. The van der Waals surface area contributed by atoms with Gasteiger partial charge in [0.1, 0.15) is 0 Å². The molecule has 0 radical (unpaired) electrons. The van der Waals surface area contributed by atoms with Crippen molar-refractivity contribution in [1.82, 2.24) is 5.32 Å². The Hall–Kier alpha value is 0.1000. The second-order valence-electron chi connectivity index (χ2n) is 5.62. The van der Waals surface area contributed by atoms with Crippen molar-refractivity contribution in [2.45, 2.75) is 51.2 Å². The van der Waals surface area contributed by atoms with E-state index < -0.39 is 0 Å². The maximum atomic E-state index is 6.04. The van der Waals surface area contributed by atoms with Crippen molar-refractivity contribution in [2.75, 3.05) is 13.7 Å². The highest BCUT2D eigenvalue weighted by atomic mass is 79.9. The zero-order valence-corrected chi connectivity index (χ0v) is 14.4. The van der Waals surface area contributed by atoms with E-state index in [1.807, 2.05) is 7.11 Å². The number of rotatable bonds is 5. The maximum absolute atomic E-state index is 6.04. The van der Waals surface area contributed by atoms with Gasteiger partial charge in [-0.1, -0.05) is 13.8 Å². The second-order valence-corrected chi connectivity index (χ2v) is 7.22. The molecule has 0 bridgehead atoms. The van der Waals surface area contributed by atoms with Crippen LogP contribution in [0.5, 0.6) is 0 Å². The number of nitrogens with one attached hydrogen (secondary N) is 1. The van der Waals surface area contributed by atoms with E-state index in [1.54, 1.807) is 11.3 Å². The lowest BCUT2D eigenvalue weighted by Gasteiger charge is -2.44. The van der Waals surface area contributed by atoms with Crippen LogP contribution in [-0.4, -0.2) is 19.3 Å². The van der Waals surface area contributed by atoms with Gasteiger partial charge in [0.05, 0.1) is 11.6 Å². The van der Waals surface area contributed by atoms with Gasteiger partial charge in [-0.15, -0.1) is 0 Å². The topological polar surface area (TPSA) is 21.3 Å². The molecule has 1 aliphatic carbocycles. The van der Waals surface area contributed by atoms with Gasteiger partial charge in [-0.2, -0.15) is 11.3 Å². The molecule has 108 valence electrons. The average molecular weight is 346 g/mol. The monoisotopic (exact) mass is 345 g/mol. The largest absolute Gasteiger partial charge is 0.376 e. The molecule has 0 aromatic carbocycles. The first kappa shape index (κ1) is 15.5. The van der Waals surface area contributed by atoms with E-state index in [1.165, 1.54) is 22.9 Å². The predicted octanol–water partition coefficient (Wildman–Crippen LogP) is 4.76. The highest BCUT2D eigenvalue weighted by Gasteiger charge is 2.42. The van der Waals surface area contributed by atoms with Crippen LogP contribution in [0, 0.1) is 5.92 Å². The van der Waals surface area contributed by atoms with Crippen LogP contribution < -0.4 is 5.32 Å². The SMILES string of the molecule is CCNC(c1cscc1Br)C1(OC)CCC(C)CC1. The minimum Gasteiger partial charge on any atom is -0.376 e. The molecule has 19 heavy (non-hydrogen) atoms. The number of hydrogen-bond donors (Lipinski definition) is 1. The third kappa shape index (κ3) is 3.23. The lowest BCUT2D eigenvalue weighted by molar-refractivity contribution is -0.0758. The number of hydrogen-bond acceptors (Lipinski definition) is 3. The standard InChI is InChI=1S/C15H24BrNOS/c1-4-17-14(12-9-19-10-13(12)16)15(18-3)7-5-11(2)6-8-15/h9-11,14,17H,4-8H2,1-3H3. The van der Waals surface area contributed by atoms with Crippen molar-refractivity contribution in [3.8, 4) is 0 Å². The van der Waals surface area contributed by atoms with E-state index in [0.29, 0.717) is 0 Å². The molecular formula is C15H24BrNOS. The molecule has 1 unspecified atom stereocenters. The van der Waals surface area contributed by atoms with Gasteiger partial charge in [-0.05, 0) is 65.0 Å². The molecule has 0 spiro atoms. The lowest BCUT2D eigenvalue weighted by atomic mass is 9.73. The van der Waals surface area contributed by atoms with Gasteiger partial charge in [0, 0.05) is 17.0 Å². The molecular weight excluding hydrogens is 322 g/mol. The lowest BCUT2D eigenvalue weighted by Crippen LogP contribution is -2.47.